The van der Waals surface area contributed by atoms with Gasteiger partial charge in [0.25, 0.3) is 0 Å². The van der Waals surface area contributed by atoms with E-state index < -0.39 is 0 Å². The zero-order chi connectivity index (χ0) is 6.43. The van der Waals surface area contributed by atoms with Crippen molar-refractivity contribution < 1.29 is 4.79 Å². The number of β-lactam (4-membered cyclic amide) rings is 1. The standard InChI is InChI=1S/C6H7NOS/c1-7-5(8)4-2-3-9-6(4)7/h2-4,6H,1H3/t4-,6-/m0/s1. The van der Waals surface area contributed by atoms with E-state index in [1.54, 1.807) is 16.7 Å². The van der Waals surface area contributed by atoms with E-state index in [1.165, 1.54) is 0 Å². The quantitative estimate of drug-likeness (QED) is 0.462. The Hall–Kier alpha value is -0.440. The summed E-state index contributed by atoms with van der Waals surface area (Å²) in [4.78, 5) is 12.7. The van der Waals surface area contributed by atoms with Gasteiger partial charge in [-0.1, -0.05) is 6.08 Å². The maximum atomic E-state index is 10.9. The molecule has 0 spiro atoms. The first-order valence-electron chi connectivity index (χ1n) is 2.89. The molecule has 2 aliphatic heterocycles. The summed E-state index contributed by atoms with van der Waals surface area (Å²) in [6.07, 6.45) is 1.98. The van der Waals surface area contributed by atoms with Crippen molar-refractivity contribution in [3.63, 3.8) is 0 Å². The van der Waals surface area contributed by atoms with Gasteiger partial charge in [0.2, 0.25) is 5.91 Å². The Morgan fingerprint density at radius 1 is 1.78 bits per heavy atom. The summed E-state index contributed by atoms with van der Waals surface area (Å²) >= 11 is 1.73. The van der Waals surface area contributed by atoms with E-state index in [0.29, 0.717) is 5.37 Å². The molecule has 2 heterocycles. The first kappa shape index (κ1) is 5.35. The second kappa shape index (κ2) is 1.53. The fraction of sp³-hybridized carbons (Fsp3) is 0.500. The molecule has 2 rings (SSSR count). The van der Waals surface area contributed by atoms with Gasteiger partial charge in [-0.05, 0) is 5.41 Å². The highest BCUT2D eigenvalue weighted by Crippen LogP contribution is 2.40. The molecule has 0 aromatic rings. The van der Waals surface area contributed by atoms with Crippen molar-refractivity contribution in [1.29, 1.82) is 0 Å². The number of rotatable bonds is 0. The average Bonchev–Trinajstić information content (AvgIpc) is 2.30. The Morgan fingerprint density at radius 2 is 2.56 bits per heavy atom. The summed E-state index contributed by atoms with van der Waals surface area (Å²) < 4.78 is 0. The average molecular weight is 141 g/mol. The molecule has 0 radical (unpaired) electrons. The van der Waals surface area contributed by atoms with E-state index >= 15 is 0 Å². The molecule has 1 saturated heterocycles. The Bertz CT molecular complexity index is 189. The molecule has 3 heteroatoms. The topological polar surface area (TPSA) is 20.3 Å². The summed E-state index contributed by atoms with van der Waals surface area (Å²) in [5.41, 5.74) is 0. The van der Waals surface area contributed by atoms with Gasteiger partial charge in [0.05, 0.1) is 11.3 Å². The summed E-state index contributed by atoms with van der Waals surface area (Å²) in [5, 5.41) is 2.44. The summed E-state index contributed by atoms with van der Waals surface area (Å²) in [6, 6.07) is 0. The molecule has 2 aliphatic rings. The van der Waals surface area contributed by atoms with Crippen LogP contribution in [0.1, 0.15) is 0 Å². The lowest BCUT2D eigenvalue weighted by Gasteiger charge is -2.39. The normalized spacial score (nSPS) is 38.8. The number of fused-ring (bicyclic) bond motifs is 1. The van der Waals surface area contributed by atoms with Crippen molar-refractivity contribution in [1.82, 2.24) is 4.90 Å². The first-order valence-corrected chi connectivity index (χ1v) is 3.84. The van der Waals surface area contributed by atoms with E-state index in [4.69, 9.17) is 0 Å². The molecule has 0 bridgehead atoms. The van der Waals surface area contributed by atoms with Crippen LogP contribution in [0.25, 0.3) is 0 Å². The molecule has 0 aromatic heterocycles. The van der Waals surface area contributed by atoms with Gasteiger partial charge < -0.3 is 4.90 Å². The monoisotopic (exact) mass is 141 g/mol. The Morgan fingerprint density at radius 3 is 3.22 bits per heavy atom. The number of carbonyl (C=O) groups is 1. The van der Waals surface area contributed by atoms with E-state index in [0.717, 1.165) is 0 Å². The van der Waals surface area contributed by atoms with Crippen molar-refractivity contribution in [3.05, 3.63) is 11.5 Å². The smallest absolute Gasteiger partial charge is 0.233 e. The van der Waals surface area contributed by atoms with Gasteiger partial charge in [-0.2, -0.15) is 0 Å². The second-order valence-corrected chi connectivity index (χ2v) is 3.36. The highest BCUT2D eigenvalue weighted by molar-refractivity contribution is 8.03. The van der Waals surface area contributed by atoms with Gasteiger partial charge in [0.1, 0.15) is 0 Å². The number of thioether (sulfide) groups is 1. The maximum absolute atomic E-state index is 10.9. The molecule has 2 nitrogen and oxygen atoms in total. The van der Waals surface area contributed by atoms with Crippen LogP contribution in [0.5, 0.6) is 0 Å². The molecule has 1 fully saturated rings. The third-order valence-electron chi connectivity index (χ3n) is 1.83. The van der Waals surface area contributed by atoms with Gasteiger partial charge in [0.15, 0.2) is 0 Å². The first-order chi connectivity index (χ1) is 4.30. The van der Waals surface area contributed by atoms with Crippen LogP contribution in [0.3, 0.4) is 0 Å². The number of likely N-dealkylation sites (tertiary alicyclic amines) is 1. The molecule has 1 amide bonds. The van der Waals surface area contributed by atoms with Crippen LogP contribution in [-0.4, -0.2) is 23.2 Å². The number of hydrogen-bond acceptors (Lipinski definition) is 2. The van der Waals surface area contributed by atoms with Gasteiger partial charge in [-0.25, -0.2) is 0 Å². The largest absolute Gasteiger partial charge is 0.332 e. The van der Waals surface area contributed by atoms with Crippen molar-refractivity contribution >= 4 is 17.7 Å². The van der Waals surface area contributed by atoms with Gasteiger partial charge in [-0.3, -0.25) is 4.79 Å². The second-order valence-electron chi connectivity index (χ2n) is 2.33. The van der Waals surface area contributed by atoms with Crippen molar-refractivity contribution in [2.45, 2.75) is 5.37 Å². The summed E-state index contributed by atoms with van der Waals surface area (Å²) in [7, 11) is 1.85. The molecule has 0 aliphatic carbocycles. The minimum absolute atomic E-state index is 0.208. The van der Waals surface area contributed by atoms with E-state index in [2.05, 4.69) is 0 Å². The predicted molar refractivity (Wildman–Crippen MR) is 36.8 cm³/mol. The SMILES string of the molecule is CN1C(=O)[C@@H]2C=CS[C@@H]21. The van der Waals surface area contributed by atoms with Crippen LogP contribution in [0.2, 0.25) is 0 Å². The number of nitrogens with zero attached hydrogens (tertiary/aromatic N) is 1. The Labute approximate surface area is 57.9 Å². The van der Waals surface area contributed by atoms with Gasteiger partial charge >= 0.3 is 0 Å². The molecule has 9 heavy (non-hydrogen) atoms. The third-order valence-corrected chi connectivity index (χ3v) is 3.03. The fourth-order valence-electron chi connectivity index (χ4n) is 1.21. The van der Waals surface area contributed by atoms with Crippen LogP contribution in [0, 0.1) is 5.92 Å². The van der Waals surface area contributed by atoms with Crippen molar-refractivity contribution in [2.75, 3.05) is 7.05 Å². The lowest BCUT2D eigenvalue weighted by atomic mass is 10.0. The number of carbonyl (C=O) groups excluding carboxylic acids is 1. The lowest BCUT2D eigenvalue weighted by molar-refractivity contribution is -0.144. The van der Waals surface area contributed by atoms with Crippen molar-refractivity contribution in [2.24, 2.45) is 5.92 Å². The van der Waals surface area contributed by atoms with Crippen LogP contribution in [-0.2, 0) is 4.79 Å². The van der Waals surface area contributed by atoms with E-state index in [1.807, 2.05) is 18.5 Å². The molecule has 0 saturated carbocycles. The molecule has 48 valence electrons. The molecule has 0 unspecified atom stereocenters. The Kier molecular flexibility index (Phi) is 0.913. The highest BCUT2D eigenvalue weighted by atomic mass is 32.2. The van der Waals surface area contributed by atoms with Crippen LogP contribution in [0.4, 0.5) is 0 Å². The predicted octanol–water partition coefficient (Wildman–Crippen LogP) is 0.661. The molecule has 0 aromatic carbocycles. The number of amides is 1. The van der Waals surface area contributed by atoms with Crippen molar-refractivity contribution in [3.8, 4) is 0 Å². The van der Waals surface area contributed by atoms with Crippen LogP contribution < -0.4 is 0 Å². The van der Waals surface area contributed by atoms with E-state index in [-0.39, 0.29) is 11.8 Å². The minimum atomic E-state index is 0.208. The van der Waals surface area contributed by atoms with E-state index in [9.17, 15) is 4.79 Å². The lowest BCUT2D eigenvalue weighted by Crippen LogP contribution is -2.54. The fourth-order valence-corrected chi connectivity index (χ4v) is 2.29. The highest BCUT2D eigenvalue weighted by Gasteiger charge is 2.45. The molecular weight excluding hydrogens is 134 g/mol. The zero-order valence-electron chi connectivity index (χ0n) is 5.07. The van der Waals surface area contributed by atoms with Gasteiger partial charge in [0, 0.05) is 7.05 Å². The number of hydrogen-bond donors (Lipinski definition) is 0. The molecule has 2 atom stereocenters. The molecular formula is C6H7NOS. The summed E-state index contributed by atoms with van der Waals surface area (Å²) in [6.45, 7) is 0. The summed E-state index contributed by atoms with van der Waals surface area (Å²) in [5.74, 6) is 0.473. The minimum Gasteiger partial charge on any atom is -0.332 e. The zero-order valence-corrected chi connectivity index (χ0v) is 5.89. The Balaban J connectivity index is 2.21. The maximum Gasteiger partial charge on any atom is 0.233 e. The van der Waals surface area contributed by atoms with Crippen LogP contribution >= 0.6 is 11.8 Å². The van der Waals surface area contributed by atoms with Gasteiger partial charge in [-0.15, -0.1) is 11.8 Å². The third kappa shape index (κ3) is 0.503. The molecule has 0 N–H and O–H groups in total. The van der Waals surface area contributed by atoms with Crippen LogP contribution in [0.15, 0.2) is 11.5 Å².